The van der Waals surface area contributed by atoms with Crippen molar-refractivity contribution in [1.29, 1.82) is 0 Å². The molecule has 210 valence electrons. The van der Waals surface area contributed by atoms with Gasteiger partial charge in [-0.3, -0.25) is 9.52 Å². The number of sulfonamides is 2. The van der Waals surface area contributed by atoms with Gasteiger partial charge in [-0.15, -0.1) is 4.40 Å². The minimum absolute atomic E-state index is 0.0979. The lowest BCUT2D eigenvalue weighted by Crippen LogP contribution is -2.53. The van der Waals surface area contributed by atoms with Gasteiger partial charge >= 0.3 is 0 Å². The van der Waals surface area contributed by atoms with E-state index < -0.39 is 37.0 Å². The molecule has 4 atom stereocenters. The summed E-state index contributed by atoms with van der Waals surface area (Å²) in [7, 11) is -7.96. The maximum atomic E-state index is 14.0. The highest BCUT2D eigenvalue weighted by molar-refractivity contribution is 7.93. The molecule has 2 heterocycles. The van der Waals surface area contributed by atoms with E-state index in [-0.39, 0.29) is 63.8 Å². The molecule has 0 aromatic heterocycles. The monoisotopic (exact) mass is 586 g/mol. The van der Waals surface area contributed by atoms with Crippen LogP contribution in [0, 0.1) is 23.6 Å². The highest BCUT2D eigenvalue weighted by Crippen LogP contribution is 2.55. The zero-order valence-electron chi connectivity index (χ0n) is 21.2. The Balaban J connectivity index is 1.25. The molecule has 1 amide bonds. The van der Waals surface area contributed by atoms with Gasteiger partial charge in [0.1, 0.15) is 22.0 Å². The van der Waals surface area contributed by atoms with Crippen LogP contribution in [0.5, 0.6) is 0 Å². The van der Waals surface area contributed by atoms with Gasteiger partial charge in [-0.25, -0.2) is 12.8 Å². The van der Waals surface area contributed by atoms with Crippen molar-refractivity contribution in [2.45, 2.75) is 54.8 Å². The Morgan fingerprint density at radius 1 is 1.07 bits per heavy atom. The van der Waals surface area contributed by atoms with Crippen molar-refractivity contribution in [3.05, 3.63) is 65.2 Å². The molecule has 3 saturated carbocycles. The van der Waals surface area contributed by atoms with E-state index in [0.29, 0.717) is 12.8 Å². The molecule has 2 aromatic carbocycles. The largest absolute Gasteiger partial charge is 0.511 e. The second-order valence-electron chi connectivity index (χ2n) is 11.3. The number of carbonyl (C=O) groups excluding carboxylic acids is 1. The molecule has 2 aliphatic heterocycles. The van der Waals surface area contributed by atoms with Gasteiger partial charge in [-0.2, -0.15) is 8.42 Å². The molecular formula is C27H27FN4O6S2. The van der Waals surface area contributed by atoms with E-state index >= 15 is 0 Å². The Morgan fingerprint density at radius 3 is 2.52 bits per heavy atom. The van der Waals surface area contributed by atoms with Crippen molar-refractivity contribution in [2.24, 2.45) is 22.2 Å². The number of nitrogens with zero attached hydrogens (tertiary/aromatic N) is 2. The fourth-order valence-corrected chi connectivity index (χ4v) is 9.32. The summed E-state index contributed by atoms with van der Waals surface area (Å²) >= 11 is 0. The van der Waals surface area contributed by atoms with Gasteiger partial charge in [-0.05, 0) is 79.8 Å². The molecule has 5 aliphatic rings. The quantitative estimate of drug-likeness (QED) is 0.470. The second-order valence-corrected chi connectivity index (χ2v) is 14.8. The summed E-state index contributed by atoms with van der Waals surface area (Å²) in [6.45, 7) is 0.182. The summed E-state index contributed by atoms with van der Waals surface area (Å²) in [4.78, 5) is 15.4. The summed E-state index contributed by atoms with van der Waals surface area (Å²) in [5.74, 6) is -1.34. The summed E-state index contributed by atoms with van der Waals surface area (Å²) in [5.41, 5.74) is 0.742. The number of aliphatic hydroxyl groups is 1. The van der Waals surface area contributed by atoms with Gasteiger partial charge in [0.15, 0.2) is 5.84 Å². The molecule has 13 heteroatoms. The van der Waals surface area contributed by atoms with Gasteiger partial charge in [0, 0.05) is 24.2 Å². The number of anilines is 2. The van der Waals surface area contributed by atoms with Crippen molar-refractivity contribution in [1.82, 2.24) is 4.90 Å². The molecule has 3 N–H and O–H groups in total. The maximum absolute atomic E-state index is 14.0. The fourth-order valence-electron chi connectivity index (χ4n) is 6.79. The lowest BCUT2D eigenvalue weighted by molar-refractivity contribution is -0.134. The molecule has 2 bridgehead atoms. The third kappa shape index (κ3) is 4.09. The first-order valence-electron chi connectivity index (χ1n) is 13.3. The van der Waals surface area contributed by atoms with Crippen LogP contribution in [0.3, 0.4) is 0 Å². The van der Waals surface area contributed by atoms with E-state index in [0.717, 1.165) is 24.8 Å². The molecule has 0 spiro atoms. The first kappa shape index (κ1) is 25.5. The highest BCUT2D eigenvalue weighted by atomic mass is 32.2. The zero-order valence-corrected chi connectivity index (χ0v) is 22.9. The SMILES string of the molecule is O=C1C(C2=NS(=O)(=O)c3cc(NS(=O)(=O)C4CC4)ccc3N2)=C(O)[C@@H]2[C@H]3CC[C@@H](C3)[C@@H]2N1Cc1ccc(F)cc1. The Labute approximate surface area is 231 Å². The van der Waals surface area contributed by atoms with Crippen LogP contribution in [0.1, 0.15) is 37.7 Å². The molecule has 0 radical (unpaired) electrons. The van der Waals surface area contributed by atoms with Gasteiger partial charge in [0.2, 0.25) is 10.0 Å². The topological polar surface area (TPSA) is 145 Å². The fraction of sp³-hybridized carbons (Fsp3) is 0.407. The van der Waals surface area contributed by atoms with Crippen LogP contribution in [-0.4, -0.2) is 49.9 Å². The average Bonchev–Trinajstić information content (AvgIpc) is 3.58. The zero-order chi connectivity index (χ0) is 28.0. The third-order valence-electron chi connectivity index (χ3n) is 8.73. The number of amides is 1. The van der Waals surface area contributed by atoms with Crippen molar-refractivity contribution in [3.63, 3.8) is 0 Å². The van der Waals surface area contributed by atoms with Crippen LogP contribution in [0.4, 0.5) is 15.8 Å². The van der Waals surface area contributed by atoms with E-state index in [2.05, 4.69) is 14.4 Å². The van der Waals surface area contributed by atoms with Crippen LogP contribution in [-0.2, 0) is 31.4 Å². The number of halogens is 1. The van der Waals surface area contributed by atoms with E-state index in [9.17, 15) is 31.1 Å². The lowest BCUT2D eigenvalue weighted by Gasteiger charge is -2.44. The Kier molecular flexibility index (Phi) is 5.60. The number of hydrogen-bond acceptors (Lipinski definition) is 7. The van der Waals surface area contributed by atoms with E-state index in [1.54, 1.807) is 17.0 Å². The van der Waals surface area contributed by atoms with Crippen molar-refractivity contribution in [3.8, 4) is 0 Å². The Morgan fingerprint density at radius 2 is 1.80 bits per heavy atom. The Bertz CT molecular complexity index is 1720. The van der Waals surface area contributed by atoms with Crippen molar-refractivity contribution >= 4 is 43.2 Å². The first-order valence-corrected chi connectivity index (χ1v) is 16.3. The van der Waals surface area contributed by atoms with Crippen molar-refractivity contribution in [2.75, 3.05) is 10.0 Å². The summed E-state index contributed by atoms with van der Waals surface area (Å²) in [5, 5.41) is 13.9. The molecule has 3 aliphatic carbocycles. The van der Waals surface area contributed by atoms with Crippen LogP contribution >= 0.6 is 0 Å². The van der Waals surface area contributed by atoms with Gasteiger partial charge in [-0.1, -0.05) is 12.1 Å². The van der Waals surface area contributed by atoms with Crippen molar-refractivity contribution < 1.29 is 31.1 Å². The number of aliphatic hydroxyl groups excluding tert-OH is 1. The number of benzene rings is 2. The van der Waals surface area contributed by atoms with E-state index in [1.807, 2.05) is 0 Å². The number of carbonyl (C=O) groups is 1. The predicted molar refractivity (Wildman–Crippen MR) is 145 cm³/mol. The molecule has 3 fully saturated rings. The van der Waals surface area contributed by atoms with E-state index in [4.69, 9.17) is 0 Å². The summed E-state index contributed by atoms with van der Waals surface area (Å²) in [6.07, 6.45) is 3.82. The predicted octanol–water partition coefficient (Wildman–Crippen LogP) is 3.51. The summed E-state index contributed by atoms with van der Waals surface area (Å²) in [6, 6.07) is 9.67. The van der Waals surface area contributed by atoms with E-state index in [1.165, 1.54) is 30.3 Å². The van der Waals surface area contributed by atoms with Gasteiger partial charge < -0.3 is 15.3 Å². The standard InChI is InChI=1S/C27H27FN4O6S2/c28-17-5-1-14(2-6-17)13-32-24-16-4-3-15(11-16)22(24)25(33)23(27(32)34)26-29-20-10-7-18(12-21(20)40(37,38)31-26)30-39(35,36)19-8-9-19/h1-2,5-7,10,12,15-16,19,22,24,30,33H,3-4,8-9,11,13H2,(H,29,31)/t15-,16-,22+,24-/m0/s1. The smallest absolute Gasteiger partial charge is 0.286 e. The van der Waals surface area contributed by atoms with Crippen LogP contribution in [0.15, 0.2) is 63.1 Å². The van der Waals surface area contributed by atoms with Gasteiger partial charge in [0.05, 0.1) is 10.9 Å². The van der Waals surface area contributed by atoms with Crippen LogP contribution in [0.2, 0.25) is 0 Å². The van der Waals surface area contributed by atoms with Crippen LogP contribution in [0.25, 0.3) is 0 Å². The van der Waals surface area contributed by atoms with Gasteiger partial charge in [0.25, 0.3) is 15.9 Å². The molecule has 10 nitrogen and oxygen atoms in total. The number of amidine groups is 1. The molecule has 0 saturated heterocycles. The average molecular weight is 587 g/mol. The first-order chi connectivity index (χ1) is 19.0. The molecule has 0 unspecified atom stereocenters. The normalized spacial score (nSPS) is 28.6. The highest BCUT2D eigenvalue weighted by Gasteiger charge is 2.57. The number of hydrogen-bond donors (Lipinski definition) is 3. The molecular weight excluding hydrogens is 559 g/mol. The second kappa shape index (κ2) is 8.77. The number of rotatable bonds is 6. The third-order valence-corrected chi connectivity index (χ3v) is 11.9. The lowest BCUT2D eigenvalue weighted by atomic mass is 9.77. The Hall–Kier alpha value is -3.45. The molecule has 40 heavy (non-hydrogen) atoms. The summed E-state index contributed by atoms with van der Waals surface area (Å²) < 4.78 is 71.1. The van der Waals surface area contributed by atoms with Crippen LogP contribution < -0.4 is 10.0 Å². The molecule has 2 aromatic rings. The maximum Gasteiger partial charge on any atom is 0.286 e. The molecule has 7 rings (SSSR count). The number of fused-ring (bicyclic) bond motifs is 6. The number of nitrogens with one attached hydrogen (secondary N) is 2. The minimum atomic E-state index is -4.35. The minimum Gasteiger partial charge on any atom is -0.511 e.